The lowest BCUT2D eigenvalue weighted by atomic mass is 9.88. The first-order valence-corrected chi connectivity index (χ1v) is 18.3. The van der Waals surface area contributed by atoms with Gasteiger partial charge in [0.1, 0.15) is 29.2 Å². The Kier molecular flexibility index (Phi) is 8.82. The molecule has 1 saturated carbocycles. The van der Waals surface area contributed by atoms with Gasteiger partial charge in [0.25, 0.3) is 0 Å². The number of nitrogens with one attached hydrogen (secondary N) is 1. The number of sulfonamides is 1. The summed E-state index contributed by atoms with van der Waals surface area (Å²) in [5, 5.41) is 13.7. The average molecular weight is 664 g/mol. The van der Waals surface area contributed by atoms with Gasteiger partial charge in [-0.2, -0.15) is 4.31 Å². The van der Waals surface area contributed by atoms with E-state index < -0.39 is 42.8 Å². The smallest absolute Gasteiger partial charge is 0.248 e. The molecule has 3 fully saturated rings. The van der Waals surface area contributed by atoms with Crippen molar-refractivity contribution < 1.29 is 35.8 Å². The molecule has 2 aliphatic heterocycles. The minimum atomic E-state index is -4.09. The van der Waals surface area contributed by atoms with Crippen molar-refractivity contribution in [1.29, 1.82) is 0 Å². The van der Waals surface area contributed by atoms with Crippen molar-refractivity contribution in [2.75, 3.05) is 32.8 Å². The largest absolute Gasteiger partial charge is 0.491 e. The number of rotatable bonds is 11. The number of nitrogens with zero attached hydrogens (tertiary/aromatic N) is 2. The van der Waals surface area contributed by atoms with Gasteiger partial charge in [0.15, 0.2) is 9.84 Å². The zero-order valence-corrected chi connectivity index (χ0v) is 26.7. The van der Waals surface area contributed by atoms with Gasteiger partial charge in [-0.3, -0.25) is 4.79 Å². The van der Waals surface area contributed by atoms with E-state index in [2.05, 4.69) is 5.32 Å². The Balaban J connectivity index is 1.01. The third kappa shape index (κ3) is 6.54. The van der Waals surface area contributed by atoms with Gasteiger partial charge in [0.05, 0.1) is 27.9 Å². The summed E-state index contributed by atoms with van der Waals surface area (Å²) in [5.41, 5.74) is -0.805. The third-order valence-corrected chi connectivity index (χ3v) is 13.1. The van der Waals surface area contributed by atoms with Gasteiger partial charge < -0.3 is 24.5 Å². The van der Waals surface area contributed by atoms with Crippen LogP contribution in [0.1, 0.15) is 39.0 Å². The SMILES string of the molecule is CCn1cc(S(=O)(=O)N2CCC3(CC2)C[C@@H](NCC(O)COc2cccc(S(=O)(=O)C4CC4)c2)CO3)c(=O)c2ccc(F)cc21. The summed E-state index contributed by atoms with van der Waals surface area (Å²) in [6.07, 6.45) is 3.37. The fraction of sp³-hybridized carbons (Fsp3) is 0.516. The highest BCUT2D eigenvalue weighted by Gasteiger charge is 2.45. The van der Waals surface area contributed by atoms with Gasteiger partial charge in [-0.05, 0) is 75.4 Å². The summed E-state index contributed by atoms with van der Waals surface area (Å²) in [7, 11) is -7.43. The minimum absolute atomic E-state index is 0.0189. The van der Waals surface area contributed by atoms with E-state index in [0.29, 0.717) is 56.5 Å². The van der Waals surface area contributed by atoms with Crippen LogP contribution in [-0.2, 0) is 31.1 Å². The molecule has 3 heterocycles. The number of piperidine rings is 1. The van der Waals surface area contributed by atoms with Crippen LogP contribution in [0.5, 0.6) is 5.75 Å². The minimum Gasteiger partial charge on any atom is -0.491 e. The first-order chi connectivity index (χ1) is 21.4. The lowest BCUT2D eigenvalue weighted by molar-refractivity contribution is -0.0312. The van der Waals surface area contributed by atoms with E-state index in [0.717, 1.165) is 6.07 Å². The van der Waals surface area contributed by atoms with Crippen molar-refractivity contribution in [3.05, 3.63) is 64.7 Å². The molecule has 3 aliphatic rings. The molecule has 2 saturated heterocycles. The summed E-state index contributed by atoms with van der Waals surface area (Å²) in [4.78, 5) is 13.1. The molecule has 2 atom stereocenters. The molecule has 1 aliphatic carbocycles. The molecule has 0 amide bonds. The number of ether oxygens (including phenoxy) is 2. The molecule has 0 radical (unpaired) electrons. The number of aliphatic hydroxyl groups is 1. The Labute approximate surface area is 261 Å². The fourth-order valence-corrected chi connectivity index (χ4v) is 9.48. The van der Waals surface area contributed by atoms with Crippen LogP contribution in [0.25, 0.3) is 10.9 Å². The Hall–Kier alpha value is -2.88. The van der Waals surface area contributed by atoms with Gasteiger partial charge in [0.2, 0.25) is 15.5 Å². The first-order valence-electron chi connectivity index (χ1n) is 15.3. The highest BCUT2D eigenvalue weighted by Crippen LogP contribution is 2.37. The predicted octanol–water partition coefficient (Wildman–Crippen LogP) is 2.44. The van der Waals surface area contributed by atoms with E-state index in [1.54, 1.807) is 29.7 Å². The van der Waals surface area contributed by atoms with E-state index >= 15 is 0 Å². The molecule has 1 spiro atoms. The second-order valence-corrected chi connectivity index (χ2v) is 16.3. The molecule has 3 aromatic rings. The molecule has 45 heavy (non-hydrogen) atoms. The fourth-order valence-electron chi connectivity index (χ4n) is 6.25. The van der Waals surface area contributed by atoms with Gasteiger partial charge in [-0.1, -0.05) is 6.07 Å². The monoisotopic (exact) mass is 663 g/mol. The highest BCUT2D eigenvalue weighted by atomic mass is 32.2. The summed E-state index contributed by atoms with van der Waals surface area (Å²) < 4.78 is 80.8. The zero-order chi connectivity index (χ0) is 32.0. The number of aryl methyl sites for hydroxylation is 1. The van der Waals surface area contributed by atoms with E-state index in [1.165, 1.54) is 28.7 Å². The average Bonchev–Trinajstić information content (AvgIpc) is 3.82. The van der Waals surface area contributed by atoms with Crippen molar-refractivity contribution in [2.45, 2.75) is 78.4 Å². The number of benzene rings is 2. The summed E-state index contributed by atoms with van der Waals surface area (Å²) in [6.45, 7) is 3.17. The van der Waals surface area contributed by atoms with Gasteiger partial charge in [-0.25, -0.2) is 21.2 Å². The van der Waals surface area contributed by atoms with Gasteiger partial charge in [-0.15, -0.1) is 0 Å². The van der Waals surface area contributed by atoms with E-state index in [9.17, 15) is 31.1 Å². The molecule has 2 aromatic carbocycles. The second-order valence-electron chi connectivity index (χ2n) is 12.2. The molecule has 1 aromatic heterocycles. The molecular formula is C31H38FN3O8S2. The first kappa shape index (κ1) is 32.1. The summed E-state index contributed by atoms with van der Waals surface area (Å²) in [5.74, 6) is -0.121. The standard InChI is InChI=1S/C31H38FN3O8S2/c1-2-34-18-29(30(37)27-9-6-21(32)14-28(27)34)45(40,41)35-12-10-31(11-13-35)16-22(19-43-31)33-17-23(36)20-42-24-4-3-5-26(15-24)44(38,39)25-7-8-25/h3-6,9,14-15,18,22-23,25,33,36H,2,7-8,10-13,16-17,19-20H2,1H3/t22-,23?/m1/s1. The third-order valence-electron chi connectivity index (χ3n) is 8.99. The quantitative estimate of drug-likeness (QED) is 0.316. The Morgan fingerprint density at radius 2 is 1.89 bits per heavy atom. The lowest BCUT2D eigenvalue weighted by Gasteiger charge is -2.38. The van der Waals surface area contributed by atoms with Crippen LogP contribution in [0.2, 0.25) is 0 Å². The topological polar surface area (TPSA) is 144 Å². The van der Waals surface area contributed by atoms with Crippen LogP contribution in [0, 0.1) is 5.82 Å². The van der Waals surface area contributed by atoms with Crippen LogP contribution < -0.4 is 15.5 Å². The van der Waals surface area contributed by atoms with Gasteiger partial charge in [0, 0.05) is 43.8 Å². The Morgan fingerprint density at radius 3 is 2.60 bits per heavy atom. The number of halogens is 1. The maximum Gasteiger partial charge on any atom is 0.248 e. The predicted molar refractivity (Wildman–Crippen MR) is 165 cm³/mol. The van der Waals surface area contributed by atoms with Crippen molar-refractivity contribution in [2.24, 2.45) is 0 Å². The van der Waals surface area contributed by atoms with Crippen LogP contribution in [-0.4, -0.2) is 86.7 Å². The highest BCUT2D eigenvalue weighted by molar-refractivity contribution is 7.92. The number of hydrogen-bond donors (Lipinski definition) is 2. The Bertz CT molecular complexity index is 1850. The molecule has 14 heteroatoms. The maximum atomic E-state index is 13.8. The van der Waals surface area contributed by atoms with Crippen molar-refractivity contribution in [1.82, 2.24) is 14.2 Å². The molecular weight excluding hydrogens is 625 g/mol. The van der Waals surface area contributed by atoms with Crippen LogP contribution in [0.3, 0.4) is 0 Å². The van der Waals surface area contributed by atoms with E-state index in [4.69, 9.17) is 9.47 Å². The zero-order valence-electron chi connectivity index (χ0n) is 25.0. The molecule has 6 rings (SSSR count). The van der Waals surface area contributed by atoms with E-state index in [-0.39, 0.29) is 52.7 Å². The normalized spacial score (nSPS) is 21.4. The van der Waals surface area contributed by atoms with Crippen LogP contribution in [0.15, 0.2) is 63.2 Å². The summed E-state index contributed by atoms with van der Waals surface area (Å²) >= 11 is 0. The molecule has 11 nitrogen and oxygen atoms in total. The van der Waals surface area contributed by atoms with Crippen molar-refractivity contribution in [3.63, 3.8) is 0 Å². The molecule has 0 bridgehead atoms. The maximum absolute atomic E-state index is 13.8. The second kappa shape index (κ2) is 12.4. The van der Waals surface area contributed by atoms with Gasteiger partial charge >= 0.3 is 0 Å². The summed E-state index contributed by atoms with van der Waals surface area (Å²) in [6, 6.07) is 10.0. The Morgan fingerprint density at radius 1 is 1.13 bits per heavy atom. The molecule has 1 unspecified atom stereocenters. The van der Waals surface area contributed by atoms with Crippen molar-refractivity contribution in [3.8, 4) is 5.75 Å². The number of pyridine rings is 1. The number of fused-ring (bicyclic) bond motifs is 1. The number of aromatic nitrogens is 1. The molecule has 244 valence electrons. The van der Waals surface area contributed by atoms with Crippen molar-refractivity contribution >= 4 is 30.8 Å². The number of sulfone groups is 1. The molecule has 2 N–H and O–H groups in total. The van der Waals surface area contributed by atoms with Crippen LogP contribution >= 0.6 is 0 Å². The lowest BCUT2D eigenvalue weighted by Crippen LogP contribution is -2.47. The van der Waals surface area contributed by atoms with Crippen LogP contribution in [0.4, 0.5) is 4.39 Å². The number of aliphatic hydroxyl groups excluding tert-OH is 1. The van der Waals surface area contributed by atoms with E-state index in [1.807, 2.05) is 0 Å². The number of hydrogen-bond acceptors (Lipinski definition) is 9.